The van der Waals surface area contributed by atoms with Crippen LogP contribution in [0.2, 0.25) is 0 Å². The van der Waals surface area contributed by atoms with Crippen molar-refractivity contribution in [1.82, 2.24) is 0 Å². The molecule has 2 aliphatic carbocycles. The molecule has 2 aromatic rings. The molecule has 162 valence electrons. The highest BCUT2D eigenvalue weighted by Crippen LogP contribution is 2.56. The maximum absolute atomic E-state index is 15.1. The Balaban J connectivity index is 1.65. The van der Waals surface area contributed by atoms with Crippen LogP contribution in [-0.2, 0) is 0 Å². The molecule has 2 aromatic carbocycles. The summed E-state index contributed by atoms with van der Waals surface area (Å²) < 4.78 is 63.9. The fourth-order valence-corrected chi connectivity index (χ4v) is 5.90. The minimum absolute atomic E-state index is 0.00215. The number of benzene rings is 2. The molecule has 1 nitrogen and oxygen atoms in total. The Kier molecular flexibility index (Phi) is 6.08. The van der Waals surface area contributed by atoms with Gasteiger partial charge in [0, 0.05) is 11.1 Å². The minimum atomic E-state index is -1.23. The molecule has 0 saturated heterocycles. The largest absolute Gasteiger partial charge is 0.491 e. The summed E-state index contributed by atoms with van der Waals surface area (Å²) in [6, 6.07) is 5.44. The van der Waals surface area contributed by atoms with Crippen molar-refractivity contribution >= 4 is 0 Å². The van der Waals surface area contributed by atoms with Crippen molar-refractivity contribution in [2.75, 3.05) is 6.61 Å². The van der Waals surface area contributed by atoms with E-state index in [0.717, 1.165) is 25.7 Å². The lowest BCUT2D eigenvalue weighted by Gasteiger charge is -2.22. The monoisotopic (exact) mass is 420 g/mol. The molecule has 0 aliphatic heterocycles. The van der Waals surface area contributed by atoms with Crippen LogP contribution in [0.5, 0.6) is 5.75 Å². The molecule has 4 atom stereocenters. The van der Waals surface area contributed by atoms with Crippen molar-refractivity contribution in [2.24, 2.45) is 17.8 Å². The van der Waals surface area contributed by atoms with Crippen molar-refractivity contribution in [1.29, 1.82) is 0 Å². The third-order valence-electron chi connectivity index (χ3n) is 7.16. The van der Waals surface area contributed by atoms with E-state index in [0.29, 0.717) is 23.3 Å². The van der Waals surface area contributed by atoms with Gasteiger partial charge in [0.2, 0.25) is 5.82 Å². The molecule has 2 fully saturated rings. The van der Waals surface area contributed by atoms with Crippen molar-refractivity contribution in [3.05, 3.63) is 53.1 Å². The molecule has 0 radical (unpaired) electrons. The second kappa shape index (κ2) is 8.60. The summed E-state index contributed by atoms with van der Waals surface area (Å²) in [5.74, 6) is -3.02. The summed E-state index contributed by atoms with van der Waals surface area (Å²) in [7, 11) is 0. The van der Waals surface area contributed by atoms with Gasteiger partial charge in [-0.1, -0.05) is 31.9 Å². The molecule has 0 bridgehead atoms. The third kappa shape index (κ3) is 3.50. The van der Waals surface area contributed by atoms with Gasteiger partial charge < -0.3 is 4.74 Å². The molecule has 4 rings (SSSR count). The number of hydrogen-bond acceptors (Lipinski definition) is 1. The molecular formula is C25H28F4O. The first-order chi connectivity index (χ1) is 14.5. The third-order valence-corrected chi connectivity index (χ3v) is 7.16. The molecule has 2 aliphatic rings. The molecule has 5 heteroatoms. The number of ether oxygens (including phenoxy) is 1. The molecule has 0 amide bonds. The van der Waals surface area contributed by atoms with Crippen LogP contribution in [-0.4, -0.2) is 6.61 Å². The zero-order chi connectivity index (χ0) is 21.4. The van der Waals surface area contributed by atoms with Crippen LogP contribution in [0.4, 0.5) is 17.6 Å². The van der Waals surface area contributed by atoms with E-state index in [1.807, 2.05) is 0 Å². The minimum Gasteiger partial charge on any atom is -0.491 e. The van der Waals surface area contributed by atoms with Crippen LogP contribution in [0.15, 0.2) is 24.3 Å². The highest BCUT2D eigenvalue weighted by atomic mass is 19.2. The topological polar surface area (TPSA) is 9.23 Å². The van der Waals surface area contributed by atoms with Crippen molar-refractivity contribution in [2.45, 2.75) is 58.3 Å². The van der Waals surface area contributed by atoms with E-state index in [-0.39, 0.29) is 29.4 Å². The van der Waals surface area contributed by atoms with Gasteiger partial charge in [-0.3, -0.25) is 0 Å². The summed E-state index contributed by atoms with van der Waals surface area (Å²) in [5.41, 5.74) is -0.180. The first-order valence-electron chi connectivity index (χ1n) is 11.1. The van der Waals surface area contributed by atoms with Crippen LogP contribution in [0, 0.1) is 41.0 Å². The molecule has 0 spiro atoms. The first-order valence-corrected chi connectivity index (χ1v) is 11.1. The molecular weight excluding hydrogens is 392 g/mol. The normalized spacial score (nSPS) is 25.5. The van der Waals surface area contributed by atoms with E-state index >= 15 is 8.78 Å². The number of hydrogen-bond donors (Lipinski definition) is 0. The van der Waals surface area contributed by atoms with Gasteiger partial charge >= 0.3 is 0 Å². The summed E-state index contributed by atoms with van der Waals surface area (Å²) in [4.78, 5) is 0. The zero-order valence-electron chi connectivity index (χ0n) is 17.5. The standard InChI is InChI=1S/C25H28F4O/c1-3-5-14-6-7-16-15(14)8-9-17(16)18-10-11-19(23(27)22(18)26)20-12-13-21(30-4-2)25(29)24(20)28/h10-17H,3-9H2,1-2H3. The SMILES string of the molecule is CCCC1CCC2C(c3ccc(-c4ccc(OCC)c(F)c4F)c(F)c3F)CCC12. The van der Waals surface area contributed by atoms with E-state index < -0.39 is 23.3 Å². The van der Waals surface area contributed by atoms with Gasteiger partial charge in [-0.05, 0) is 74.0 Å². The number of halogens is 4. The van der Waals surface area contributed by atoms with E-state index in [1.165, 1.54) is 31.0 Å². The highest BCUT2D eigenvalue weighted by molar-refractivity contribution is 5.67. The molecule has 30 heavy (non-hydrogen) atoms. The van der Waals surface area contributed by atoms with Gasteiger partial charge in [-0.15, -0.1) is 0 Å². The van der Waals surface area contributed by atoms with Crippen molar-refractivity contribution in [3.63, 3.8) is 0 Å². The van der Waals surface area contributed by atoms with E-state index in [4.69, 9.17) is 4.74 Å². The Morgan fingerprint density at radius 1 is 0.767 bits per heavy atom. The number of fused-ring (bicyclic) bond motifs is 1. The molecule has 2 saturated carbocycles. The van der Waals surface area contributed by atoms with E-state index in [1.54, 1.807) is 13.0 Å². The van der Waals surface area contributed by atoms with Gasteiger partial charge in [-0.2, -0.15) is 4.39 Å². The lowest BCUT2D eigenvalue weighted by molar-refractivity contribution is 0.314. The average molecular weight is 420 g/mol. The second-order valence-electron chi connectivity index (χ2n) is 8.64. The summed E-state index contributed by atoms with van der Waals surface area (Å²) in [6.07, 6.45) is 6.49. The van der Waals surface area contributed by atoms with Gasteiger partial charge in [-0.25, -0.2) is 13.2 Å². The van der Waals surface area contributed by atoms with Crippen LogP contribution >= 0.6 is 0 Å². The quantitative estimate of drug-likeness (QED) is 0.437. The Morgan fingerprint density at radius 2 is 1.43 bits per heavy atom. The smallest absolute Gasteiger partial charge is 0.201 e. The zero-order valence-corrected chi connectivity index (χ0v) is 17.5. The van der Waals surface area contributed by atoms with Crippen LogP contribution in [0.3, 0.4) is 0 Å². The van der Waals surface area contributed by atoms with E-state index in [2.05, 4.69) is 6.92 Å². The van der Waals surface area contributed by atoms with Crippen LogP contribution < -0.4 is 4.74 Å². The first kappa shape index (κ1) is 21.2. The molecule has 0 heterocycles. The van der Waals surface area contributed by atoms with Gasteiger partial charge in [0.15, 0.2) is 23.2 Å². The van der Waals surface area contributed by atoms with Gasteiger partial charge in [0.25, 0.3) is 0 Å². The predicted octanol–water partition coefficient (Wildman–Crippen LogP) is 7.63. The maximum Gasteiger partial charge on any atom is 0.201 e. The lowest BCUT2D eigenvalue weighted by Crippen LogP contribution is -2.13. The summed E-state index contributed by atoms with van der Waals surface area (Å²) in [6.45, 7) is 4.02. The maximum atomic E-state index is 15.1. The predicted molar refractivity (Wildman–Crippen MR) is 109 cm³/mol. The number of rotatable bonds is 6. The van der Waals surface area contributed by atoms with Crippen molar-refractivity contribution in [3.8, 4) is 16.9 Å². The molecule has 4 unspecified atom stereocenters. The molecule has 0 aromatic heterocycles. The Labute approximate surface area is 175 Å². The fourth-order valence-electron chi connectivity index (χ4n) is 5.90. The lowest BCUT2D eigenvalue weighted by atomic mass is 9.83. The Hall–Kier alpha value is -2.04. The van der Waals surface area contributed by atoms with E-state index in [9.17, 15) is 8.78 Å². The average Bonchev–Trinajstić information content (AvgIpc) is 3.32. The van der Waals surface area contributed by atoms with Crippen LogP contribution in [0.25, 0.3) is 11.1 Å². The second-order valence-corrected chi connectivity index (χ2v) is 8.64. The summed E-state index contributed by atoms with van der Waals surface area (Å²) in [5, 5.41) is 0. The Morgan fingerprint density at radius 3 is 2.13 bits per heavy atom. The van der Waals surface area contributed by atoms with Crippen molar-refractivity contribution < 1.29 is 22.3 Å². The van der Waals surface area contributed by atoms with Gasteiger partial charge in [0.05, 0.1) is 6.61 Å². The highest BCUT2D eigenvalue weighted by Gasteiger charge is 2.45. The van der Waals surface area contributed by atoms with Crippen LogP contribution in [0.1, 0.15) is 63.9 Å². The van der Waals surface area contributed by atoms with Gasteiger partial charge in [0.1, 0.15) is 0 Å². The Bertz CT molecular complexity index is 926. The molecule has 0 N–H and O–H groups in total. The summed E-state index contributed by atoms with van der Waals surface area (Å²) >= 11 is 0. The fraction of sp³-hybridized carbons (Fsp3) is 0.520.